The van der Waals surface area contributed by atoms with Crippen LogP contribution in [0.4, 0.5) is 22.7 Å². The van der Waals surface area contributed by atoms with Crippen LogP contribution in [0.25, 0.3) is 0 Å². The van der Waals surface area contributed by atoms with Crippen molar-refractivity contribution in [3.63, 3.8) is 0 Å². The van der Waals surface area contributed by atoms with Crippen LogP contribution in [0.2, 0.25) is 5.02 Å². The van der Waals surface area contributed by atoms with Gasteiger partial charge in [-0.25, -0.2) is 0 Å². The number of azo groups is 1. The molecule has 0 radical (unpaired) electrons. The summed E-state index contributed by atoms with van der Waals surface area (Å²) in [6.07, 6.45) is 6.59. The lowest BCUT2D eigenvalue weighted by atomic mass is 10.1. The molecule has 0 aliphatic carbocycles. The minimum absolute atomic E-state index is 0.0305. The Hall–Kier alpha value is -2.51. The highest BCUT2D eigenvalue weighted by Crippen LogP contribution is 2.31. The third kappa shape index (κ3) is 7.01. The van der Waals surface area contributed by atoms with Crippen LogP contribution >= 0.6 is 11.6 Å². The molecule has 2 aromatic carbocycles. The highest BCUT2D eigenvalue weighted by molar-refractivity contribution is 6.33. The number of unbranched alkanes of at least 4 members (excludes halogenated alkanes) is 4. The summed E-state index contributed by atoms with van der Waals surface area (Å²) >= 11 is 6.54. The van der Waals surface area contributed by atoms with Crippen molar-refractivity contribution in [2.45, 2.75) is 39.0 Å². The van der Waals surface area contributed by atoms with Crippen molar-refractivity contribution >= 4 is 34.4 Å². The van der Waals surface area contributed by atoms with Gasteiger partial charge in [-0.05, 0) is 43.3 Å². The van der Waals surface area contributed by atoms with E-state index in [1.165, 1.54) is 50.8 Å². The van der Waals surface area contributed by atoms with Crippen LogP contribution in [0, 0.1) is 10.1 Å². The topological polar surface area (TPSA) is 74.3 Å². The van der Waals surface area contributed by atoms with E-state index in [2.05, 4.69) is 27.0 Å². The van der Waals surface area contributed by atoms with Gasteiger partial charge in [0.1, 0.15) is 0 Å². The molecule has 0 aromatic heterocycles. The number of nitrogens with zero attached hydrogens (tertiary/aromatic N) is 5. The van der Waals surface area contributed by atoms with Gasteiger partial charge in [-0.3, -0.25) is 15.0 Å². The quantitative estimate of drug-likeness (QED) is 0.176. The molecule has 0 unspecified atom stereocenters. The minimum atomic E-state index is -0.438. The number of nitro benzene ring substituents is 1. The van der Waals surface area contributed by atoms with Crippen molar-refractivity contribution in [2.24, 2.45) is 10.2 Å². The average Bonchev–Trinajstić information content (AvgIpc) is 2.78. The Labute approximate surface area is 188 Å². The molecule has 2 aromatic rings. The predicted octanol–water partition coefficient (Wildman–Crippen LogP) is 6.76. The van der Waals surface area contributed by atoms with E-state index in [0.717, 1.165) is 31.9 Å². The summed E-state index contributed by atoms with van der Waals surface area (Å²) in [4.78, 5) is 15.2. The van der Waals surface area contributed by atoms with Crippen molar-refractivity contribution in [1.82, 2.24) is 4.90 Å². The maximum Gasteiger partial charge on any atom is 0.269 e. The minimum Gasteiger partial charge on any atom is -0.368 e. The van der Waals surface area contributed by atoms with E-state index in [1.807, 2.05) is 18.2 Å². The van der Waals surface area contributed by atoms with Gasteiger partial charge < -0.3 is 4.90 Å². The molecule has 3 rings (SSSR count). The maximum atomic E-state index is 10.7. The fourth-order valence-electron chi connectivity index (χ4n) is 3.72. The zero-order valence-electron chi connectivity index (χ0n) is 18.0. The van der Waals surface area contributed by atoms with Crippen LogP contribution in [0.5, 0.6) is 0 Å². The average molecular weight is 444 g/mol. The summed E-state index contributed by atoms with van der Waals surface area (Å²) in [6, 6.07) is 11.7. The summed E-state index contributed by atoms with van der Waals surface area (Å²) in [5.74, 6) is 0. The van der Waals surface area contributed by atoms with Gasteiger partial charge >= 0.3 is 0 Å². The van der Waals surface area contributed by atoms with Crippen LogP contribution in [-0.4, -0.2) is 42.5 Å². The molecule has 7 nitrogen and oxygen atoms in total. The van der Waals surface area contributed by atoms with Gasteiger partial charge in [0.25, 0.3) is 5.69 Å². The molecule has 0 amide bonds. The lowest BCUT2D eigenvalue weighted by Crippen LogP contribution is -2.46. The van der Waals surface area contributed by atoms with E-state index in [4.69, 9.17) is 11.6 Å². The van der Waals surface area contributed by atoms with Crippen LogP contribution < -0.4 is 4.90 Å². The molecule has 1 fully saturated rings. The number of hydrogen-bond donors (Lipinski definition) is 0. The first kappa shape index (κ1) is 23.2. The normalized spacial score (nSPS) is 15.0. The van der Waals surface area contributed by atoms with E-state index >= 15 is 0 Å². The maximum absolute atomic E-state index is 10.7. The number of benzene rings is 2. The van der Waals surface area contributed by atoms with Gasteiger partial charge in [0.2, 0.25) is 0 Å². The summed E-state index contributed by atoms with van der Waals surface area (Å²) in [5.41, 5.74) is 2.26. The SMILES string of the molecule is CCCCCCCN1CCN(c2ccc(N=Nc3ccc([N+](=O)[O-])cc3)cc2Cl)CC1. The Kier molecular flexibility index (Phi) is 8.79. The molecule has 0 bridgehead atoms. The lowest BCUT2D eigenvalue weighted by molar-refractivity contribution is -0.384. The summed E-state index contributed by atoms with van der Waals surface area (Å²) in [7, 11) is 0. The highest BCUT2D eigenvalue weighted by Gasteiger charge is 2.18. The Morgan fingerprint density at radius 1 is 0.935 bits per heavy atom. The second kappa shape index (κ2) is 11.8. The van der Waals surface area contributed by atoms with Gasteiger partial charge in [-0.15, -0.1) is 0 Å². The Bertz CT molecular complexity index is 880. The largest absolute Gasteiger partial charge is 0.368 e. The third-order valence-corrected chi connectivity index (χ3v) is 5.87. The summed E-state index contributed by atoms with van der Waals surface area (Å²) in [5, 5.41) is 19.7. The van der Waals surface area contributed by atoms with Gasteiger partial charge in [-0.2, -0.15) is 10.2 Å². The second-order valence-electron chi connectivity index (χ2n) is 7.85. The van der Waals surface area contributed by atoms with Crippen LogP contribution in [0.3, 0.4) is 0 Å². The molecule has 0 saturated carbocycles. The standard InChI is InChI=1S/C23H30ClN5O2/c1-2-3-4-5-6-13-27-14-16-28(17-15-27)23-12-9-20(18-22(23)24)26-25-19-7-10-21(11-8-19)29(30)31/h7-12,18H,2-6,13-17H2,1H3. The molecular weight excluding hydrogens is 414 g/mol. The molecule has 1 aliphatic rings. The van der Waals surface area contributed by atoms with Crippen molar-refractivity contribution in [3.8, 4) is 0 Å². The molecule has 0 N–H and O–H groups in total. The van der Waals surface area contributed by atoms with E-state index < -0.39 is 4.92 Å². The number of non-ortho nitro benzene ring substituents is 1. The van der Waals surface area contributed by atoms with Crippen LogP contribution in [0.1, 0.15) is 39.0 Å². The molecule has 1 heterocycles. The number of piperazine rings is 1. The van der Waals surface area contributed by atoms with E-state index in [1.54, 1.807) is 12.1 Å². The Morgan fingerprint density at radius 3 is 2.23 bits per heavy atom. The molecule has 0 spiro atoms. The third-order valence-electron chi connectivity index (χ3n) is 5.56. The van der Waals surface area contributed by atoms with Gasteiger partial charge in [0.05, 0.1) is 27.0 Å². The summed E-state index contributed by atoms with van der Waals surface area (Å²) < 4.78 is 0. The number of nitro groups is 1. The smallest absolute Gasteiger partial charge is 0.269 e. The number of hydrogen-bond acceptors (Lipinski definition) is 6. The highest BCUT2D eigenvalue weighted by atomic mass is 35.5. The number of rotatable bonds is 10. The second-order valence-corrected chi connectivity index (χ2v) is 8.26. The zero-order chi connectivity index (χ0) is 22.1. The summed E-state index contributed by atoms with van der Waals surface area (Å²) in [6.45, 7) is 7.50. The van der Waals surface area contributed by atoms with E-state index in [9.17, 15) is 10.1 Å². The first-order valence-electron chi connectivity index (χ1n) is 11.0. The van der Waals surface area contributed by atoms with E-state index in [0.29, 0.717) is 16.4 Å². The van der Waals surface area contributed by atoms with Gasteiger partial charge in [-0.1, -0.05) is 44.2 Å². The zero-order valence-corrected chi connectivity index (χ0v) is 18.8. The Morgan fingerprint density at radius 2 is 1.58 bits per heavy atom. The molecule has 1 saturated heterocycles. The fourth-order valence-corrected chi connectivity index (χ4v) is 4.02. The van der Waals surface area contributed by atoms with Crippen molar-refractivity contribution < 1.29 is 4.92 Å². The number of anilines is 1. The van der Waals surface area contributed by atoms with Crippen molar-refractivity contribution in [1.29, 1.82) is 0 Å². The first-order chi connectivity index (χ1) is 15.1. The number of halogens is 1. The van der Waals surface area contributed by atoms with Crippen LogP contribution in [-0.2, 0) is 0 Å². The monoisotopic (exact) mass is 443 g/mol. The molecular formula is C23H30ClN5O2. The molecule has 166 valence electrons. The molecule has 1 aliphatic heterocycles. The molecule has 31 heavy (non-hydrogen) atoms. The van der Waals surface area contributed by atoms with Gasteiger partial charge in [0.15, 0.2) is 0 Å². The van der Waals surface area contributed by atoms with Gasteiger partial charge in [0, 0.05) is 38.3 Å². The van der Waals surface area contributed by atoms with Crippen molar-refractivity contribution in [3.05, 3.63) is 57.6 Å². The fraction of sp³-hybridized carbons (Fsp3) is 0.478. The molecule has 8 heteroatoms. The lowest BCUT2D eigenvalue weighted by Gasteiger charge is -2.36. The van der Waals surface area contributed by atoms with E-state index in [-0.39, 0.29) is 5.69 Å². The first-order valence-corrected chi connectivity index (χ1v) is 11.4. The van der Waals surface area contributed by atoms with Crippen LogP contribution in [0.15, 0.2) is 52.7 Å². The Balaban J connectivity index is 1.51. The van der Waals surface area contributed by atoms with Crippen molar-refractivity contribution in [2.75, 3.05) is 37.6 Å². The predicted molar refractivity (Wildman–Crippen MR) is 126 cm³/mol. The molecule has 0 atom stereocenters.